The molecule has 2 rings (SSSR count). The Morgan fingerprint density at radius 1 is 1.42 bits per heavy atom. The molecule has 2 aromatic rings. The summed E-state index contributed by atoms with van der Waals surface area (Å²) < 4.78 is 5.09. The van der Waals surface area contributed by atoms with Crippen LogP contribution in [0.4, 0.5) is 0 Å². The van der Waals surface area contributed by atoms with E-state index < -0.39 is 11.9 Å². The van der Waals surface area contributed by atoms with Crippen molar-refractivity contribution < 1.29 is 9.90 Å². The lowest BCUT2D eigenvalue weighted by atomic mass is 10.0. The van der Waals surface area contributed by atoms with E-state index in [0.717, 1.165) is 27.0 Å². The molecular weight excluding hydrogens is 280 g/mol. The molecule has 0 fully saturated rings. The number of hydrogen-bond acceptors (Lipinski definition) is 5. The van der Waals surface area contributed by atoms with Crippen molar-refractivity contribution in [3.05, 3.63) is 41.2 Å². The molecule has 1 aromatic carbocycles. The van der Waals surface area contributed by atoms with Gasteiger partial charge in [-0.2, -0.15) is 4.37 Å². The topological polar surface area (TPSA) is 63.1 Å². The van der Waals surface area contributed by atoms with Gasteiger partial charge in [0.05, 0.1) is 5.92 Å². The molecule has 0 aliphatic heterocycles. The van der Waals surface area contributed by atoms with E-state index in [2.05, 4.69) is 9.36 Å². The average molecular weight is 294 g/mol. The smallest absolute Gasteiger partial charge is 0.310 e. The van der Waals surface area contributed by atoms with Gasteiger partial charge in [-0.05, 0) is 36.5 Å². The lowest BCUT2D eigenvalue weighted by Gasteiger charge is -2.07. The van der Waals surface area contributed by atoms with Gasteiger partial charge in [0, 0.05) is 5.75 Å². The highest BCUT2D eigenvalue weighted by Crippen LogP contribution is 2.25. The number of benzene rings is 1. The van der Waals surface area contributed by atoms with Crippen LogP contribution < -0.4 is 0 Å². The van der Waals surface area contributed by atoms with Crippen LogP contribution in [-0.2, 0) is 10.5 Å². The van der Waals surface area contributed by atoms with Gasteiger partial charge in [0.2, 0.25) is 0 Å². The van der Waals surface area contributed by atoms with Crippen molar-refractivity contribution in [1.29, 1.82) is 0 Å². The molecule has 100 valence electrons. The Morgan fingerprint density at radius 3 is 2.63 bits per heavy atom. The molecular formula is C13H14N2O2S2. The van der Waals surface area contributed by atoms with Gasteiger partial charge < -0.3 is 5.11 Å². The predicted molar refractivity (Wildman–Crippen MR) is 76.7 cm³/mol. The monoisotopic (exact) mass is 294 g/mol. The van der Waals surface area contributed by atoms with E-state index in [1.54, 1.807) is 18.7 Å². The van der Waals surface area contributed by atoms with Crippen LogP contribution in [0.2, 0.25) is 0 Å². The summed E-state index contributed by atoms with van der Waals surface area (Å²) in [5, 5.41) is 8.94. The molecule has 1 atom stereocenters. The molecule has 1 N–H and O–H groups in total. The highest BCUT2D eigenvalue weighted by atomic mass is 32.2. The Balaban J connectivity index is 1.97. The second-order valence-electron chi connectivity index (χ2n) is 4.20. The minimum Gasteiger partial charge on any atom is -0.481 e. The summed E-state index contributed by atoms with van der Waals surface area (Å²) in [6, 6.07) is 7.69. The van der Waals surface area contributed by atoms with Crippen molar-refractivity contribution >= 4 is 29.3 Å². The highest BCUT2D eigenvalue weighted by Gasteiger charge is 2.13. The number of aliphatic carboxylic acids is 1. The molecule has 0 aliphatic rings. The van der Waals surface area contributed by atoms with Crippen LogP contribution in [-0.4, -0.2) is 20.4 Å². The summed E-state index contributed by atoms with van der Waals surface area (Å²) in [5.41, 5.74) is 1.98. The van der Waals surface area contributed by atoms with Gasteiger partial charge in [-0.15, -0.1) is 0 Å². The zero-order valence-electron chi connectivity index (χ0n) is 10.7. The lowest BCUT2D eigenvalue weighted by molar-refractivity contribution is -0.138. The van der Waals surface area contributed by atoms with Crippen LogP contribution in [0.3, 0.4) is 0 Å². The predicted octanol–water partition coefficient (Wildman–Crippen LogP) is 3.33. The maximum atomic E-state index is 10.9. The fourth-order valence-electron chi connectivity index (χ4n) is 1.53. The molecule has 0 bridgehead atoms. The van der Waals surface area contributed by atoms with Gasteiger partial charge in [0.1, 0.15) is 5.82 Å². The van der Waals surface area contributed by atoms with Gasteiger partial charge in [-0.3, -0.25) is 4.79 Å². The Bertz CT molecular complexity index is 566. The summed E-state index contributed by atoms with van der Waals surface area (Å²) in [6.45, 7) is 3.57. The summed E-state index contributed by atoms with van der Waals surface area (Å²) in [6.07, 6.45) is 0. The first-order valence-electron chi connectivity index (χ1n) is 5.81. The van der Waals surface area contributed by atoms with Crippen LogP contribution in [0.1, 0.15) is 29.8 Å². The number of nitrogens with zero attached hydrogens (tertiary/aromatic N) is 2. The Labute approximate surface area is 120 Å². The molecule has 0 radical (unpaired) electrons. The molecule has 0 amide bonds. The van der Waals surface area contributed by atoms with E-state index in [0.29, 0.717) is 0 Å². The van der Waals surface area contributed by atoms with Gasteiger partial charge in [-0.25, -0.2) is 4.98 Å². The average Bonchev–Trinajstić information content (AvgIpc) is 2.82. The number of rotatable bonds is 5. The first kappa shape index (κ1) is 14.0. The van der Waals surface area contributed by atoms with E-state index in [4.69, 9.17) is 5.11 Å². The quantitative estimate of drug-likeness (QED) is 0.857. The molecule has 0 saturated carbocycles. The number of carbonyl (C=O) groups is 1. The molecule has 6 heteroatoms. The Morgan fingerprint density at radius 2 is 2.11 bits per heavy atom. The lowest BCUT2D eigenvalue weighted by Crippen LogP contribution is -2.07. The van der Waals surface area contributed by atoms with Crippen molar-refractivity contribution in [2.75, 3.05) is 0 Å². The SMILES string of the molecule is Cc1nsc(SCc2ccc(C(C)C(=O)O)cc2)n1. The standard InChI is InChI=1S/C13H14N2O2S2/c1-8(12(16)17)11-5-3-10(4-6-11)7-18-13-14-9(2)15-19-13/h3-6,8H,7H2,1-2H3,(H,16,17). The molecule has 0 aliphatic carbocycles. The number of carboxylic acid groups (broad SMARTS) is 1. The number of aryl methyl sites for hydroxylation is 1. The van der Waals surface area contributed by atoms with Gasteiger partial charge >= 0.3 is 5.97 Å². The fourth-order valence-corrected chi connectivity index (χ4v) is 3.13. The number of carboxylic acids is 1. The first-order valence-corrected chi connectivity index (χ1v) is 7.57. The maximum Gasteiger partial charge on any atom is 0.310 e. The molecule has 0 saturated heterocycles. The highest BCUT2D eigenvalue weighted by molar-refractivity contribution is 8.00. The summed E-state index contributed by atoms with van der Waals surface area (Å²) >= 11 is 3.05. The second kappa shape index (κ2) is 6.16. The molecule has 0 spiro atoms. The van der Waals surface area contributed by atoms with Gasteiger partial charge in [0.25, 0.3) is 0 Å². The summed E-state index contributed by atoms with van der Waals surface area (Å²) in [5.74, 6) is 0.355. The van der Waals surface area contributed by atoms with E-state index >= 15 is 0 Å². The third-order valence-corrected chi connectivity index (χ3v) is 4.72. The fraction of sp³-hybridized carbons (Fsp3) is 0.308. The maximum absolute atomic E-state index is 10.9. The van der Waals surface area contributed by atoms with Crippen molar-refractivity contribution in [2.45, 2.75) is 29.9 Å². The van der Waals surface area contributed by atoms with Crippen molar-refractivity contribution in [1.82, 2.24) is 9.36 Å². The first-order chi connectivity index (χ1) is 9.06. The van der Waals surface area contributed by atoms with Crippen molar-refractivity contribution in [3.8, 4) is 0 Å². The number of aromatic nitrogens is 2. The molecule has 1 aromatic heterocycles. The van der Waals surface area contributed by atoms with E-state index in [-0.39, 0.29) is 0 Å². The van der Waals surface area contributed by atoms with Crippen molar-refractivity contribution in [3.63, 3.8) is 0 Å². The van der Waals surface area contributed by atoms with E-state index in [9.17, 15) is 4.79 Å². The minimum atomic E-state index is -0.800. The van der Waals surface area contributed by atoms with Crippen LogP contribution in [0.15, 0.2) is 28.6 Å². The molecule has 4 nitrogen and oxygen atoms in total. The zero-order chi connectivity index (χ0) is 13.8. The zero-order valence-corrected chi connectivity index (χ0v) is 12.3. The van der Waals surface area contributed by atoms with Crippen molar-refractivity contribution in [2.24, 2.45) is 0 Å². The van der Waals surface area contributed by atoms with Crippen LogP contribution >= 0.6 is 23.3 Å². The molecule has 1 unspecified atom stereocenters. The number of thioether (sulfide) groups is 1. The van der Waals surface area contributed by atoms with E-state index in [1.165, 1.54) is 11.5 Å². The van der Waals surface area contributed by atoms with Crippen LogP contribution in [0.5, 0.6) is 0 Å². The van der Waals surface area contributed by atoms with Gasteiger partial charge in [-0.1, -0.05) is 36.0 Å². The Hall–Kier alpha value is -1.40. The van der Waals surface area contributed by atoms with Gasteiger partial charge in [0.15, 0.2) is 4.34 Å². The number of hydrogen-bond donors (Lipinski definition) is 1. The normalized spacial score (nSPS) is 12.3. The summed E-state index contributed by atoms with van der Waals surface area (Å²) in [7, 11) is 0. The second-order valence-corrected chi connectivity index (χ2v) is 6.17. The third-order valence-electron chi connectivity index (χ3n) is 2.72. The molecule has 1 heterocycles. The van der Waals surface area contributed by atoms with Crippen LogP contribution in [0, 0.1) is 6.92 Å². The largest absolute Gasteiger partial charge is 0.481 e. The van der Waals surface area contributed by atoms with Crippen LogP contribution in [0.25, 0.3) is 0 Å². The summed E-state index contributed by atoms with van der Waals surface area (Å²) in [4.78, 5) is 15.2. The Kier molecular flexibility index (Phi) is 4.55. The van der Waals surface area contributed by atoms with E-state index in [1.807, 2.05) is 31.2 Å². The molecule has 19 heavy (non-hydrogen) atoms. The third kappa shape index (κ3) is 3.78. The minimum absolute atomic E-state index is 0.465.